The molecule has 0 saturated carbocycles. The molecule has 0 radical (unpaired) electrons. The zero-order valence-corrected chi connectivity index (χ0v) is 12.8. The van der Waals surface area contributed by atoms with Crippen LogP contribution in [0.4, 0.5) is 8.78 Å². The lowest BCUT2D eigenvalue weighted by Crippen LogP contribution is -2.06. The molecule has 0 spiro atoms. The van der Waals surface area contributed by atoms with Gasteiger partial charge in [0.2, 0.25) is 0 Å². The number of benzene rings is 1. The highest BCUT2D eigenvalue weighted by atomic mass is 79.9. The first-order valence-corrected chi connectivity index (χ1v) is 6.72. The van der Waals surface area contributed by atoms with Crippen LogP contribution in [0.1, 0.15) is 17.0 Å². The van der Waals surface area contributed by atoms with Gasteiger partial charge in [0.05, 0.1) is 15.9 Å². The molecule has 110 valence electrons. The first-order chi connectivity index (χ1) is 9.81. The maximum absolute atomic E-state index is 14.1. The Morgan fingerprint density at radius 1 is 1.33 bits per heavy atom. The van der Waals surface area contributed by atoms with E-state index >= 15 is 0 Å². The quantitative estimate of drug-likeness (QED) is 0.854. The summed E-state index contributed by atoms with van der Waals surface area (Å²) in [7, 11) is 0. The van der Waals surface area contributed by atoms with E-state index in [0.29, 0.717) is 15.9 Å². The molecule has 0 fully saturated rings. The van der Waals surface area contributed by atoms with Crippen molar-refractivity contribution < 1.29 is 18.7 Å². The van der Waals surface area contributed by atoms with E-state index in [2.05, 4.69) is 21.0 Å². The maximum atomic E-state index is 14.1. The van der Waals surface area contributed by atoms with E-state index in [1.807, 2.05) is 0 Å². The third-order valence-electron chi connectivity index (χ3n) is 2.87. The second kappa shape index (κ2) is 5.77. The van der Waals surface area contributed by atoms with Gasteiger partial charge < -0.3 is 5.11 Å². The lowest BCUT2D eigenvalue weighted by Gasteiger charge is -2.08. The largest absolute Gasteiger partial charge is 0.478 e. The molecule has 0 unspecified atom stereocenters. The van der Waals surface area contributed by atoms with Crippen molar-refractivity contribution in [3.63, 3.8) is 0 Å². The monoisotopic (exact) mass is 356 g/mol. The van der Waals surface area contributed by atoms with Crippen LogP contribution in [-0.4, -0.2) is 20.9 Å². The van der Waals surface area contributed by atoms with E-state index in [0.717, 1.165) is 24.3 Å². The van der Waals surface area contributed by atoms with Gasteiger partial charge in [-0.1, -0.05) is 0 Å². The Bertz CT molecular complexity index is 731. The van der Waals surface area contributed by atoms with Gasteiger partial charge in [-0.15, -0.1) is 0 Å². The minimum absolute atomic E-state index is 0.122. The molecule has 0 amide bonds. The number of nitrogens with zero attached hydrogens (tertiary/aromatic N) is 2. The van der Waals surface area contributed by atoms with Gasteiger partial charge in [0, 0.05) is 6.08 Å². The van der Waals surface area contributed by atoms with E-state index in [9.17, 15) is 13.6 Å². The minimum atomic E-state index is -1.19. The number of aliphatic carboxylic acids is 1. The number of hydrogen-bond donors (Lipinski definition) is 1. The van der Waals surface area contributed by atoms with E-state index in [-0.39, 0.29) is 11.3 Å². The van der Waals surface area contributed by atoms with Crippen molar-refractivity contribution >= 4 is 28.0 Å². The summed E-state index contributed by atoms with van der Waals surface area (Å²) in [6.45, 7) is 3.40. The van der Waals surface area contributed by atoms with Gasteiger partial charge in [-0.3, -0.25) is 0 Å². The molecule has 21 heavy (non-hydrogen) atoms. The number of aryl methyl sites for hydroxylation is 1. The smallest absolute Gasteiger partial charge is 0.328 e. The van der Waals surface area contributed by atoms with Crippen LogP contribution in [0.15, 0.2) is 22.7 Å². The predicted octanol–water partition coefficient (Wildman–Crippen LogP) is 3.63. The number of carbonyl (C=O) groups is 1. The van der Waals surface area contributed by atoms with Crippen LogP contribution in [0.2, 0.25) is 0 Å². The molecular weight excluding hydrogens is 346 g/mol. The average molecular weight is 357 g/mol. The molecule has 1 aromatic heterocycles. The van der Waals surface area contributed by atoms with Crippen molar-refractivity contribution in [3.8, 4) is 5.69 Å². The SMILES string of the molecule is Cc1nn(-c2c(F)cc(C=CC(=O)O)cc2F)c(C)c1Br. The summed E-state index contributed by atoms with van der Waals surface area (Å²) in [4.78, 5) is 10.4. The average Bonchev–Trinajstić information content (AvgIpc) is 2.64. The Morgan fingerprint density at radius 2 is 1.90 bits per heavy atom. The fraction of sp³-hybridized carbons (Fsp3) is 0.143. The highest BCUT2D eigenvalue weighted by Crippen LogP contribution is 2.26. The summed E-state index contributed by atoms with van der Waals surface area (Å²) < 4.78 is 30.1. The fourth-order valence-electron chi connectivity index (χ4n) is 1.89. The van der Waals surface area contributed by atoms with E-state index in [4.69, 9.17) is 5.11 Å². The van der Waals surface area contributed by atoms with Crippen molar-refractivity contribution in [2.24, 2.45) is 0 Å². The second-order valence-electron chi connectivity index (χ2n) is 4.40. The molecule has 7 heteroatoms. The summed E-state index contributed by atoms with van der Waals surface area (Å²) in [6, 6.07) is 2.12. The number of halogens is 3. The molecule has 1 N–H and O–H groups in total. The van der Waals surface area contributed by atoms with Crippen molar-refractivity contribution in [2.75, 3.05) is 0 Å². The summed E-state index contributed by atoms with van der Waals surface area (Å²) in [5.41, 5.74) is 1.01. The topological polar surface area (TPSA) is 55.1 Å². The van der Waals surface area contributed by atoms with Crippen LogP contribution in [0.5, 0.6) is 0 Å². The highest BCUT2D eigenvalue weighted by Gasteiger charge is 2.18. The van der Waals surface area contributed by atoms with Crippen molar-refractivity contribution in [3.05, 3.63) is 51.3 Å². The Labute approximate surface area is 127 Å². The number of carboxylic acids is 1. The standard InChI is InChI=1S/C14H11BrF2N2O2/c1-7-13(15)8(2)19(18-7)14-10(16)5-9(6-11(14)17)3-4-12(20)21/h3-6H,1-2H3,(H,20,21). The molecular formula is C14H11BrF2N2O2. The lowest BCUT2D eigenvalue weighted by atomic mass is 10.1. The predicted molar refractivity (Wildman–Crippen MR) is 77.3 cm³/mol. The zero-order valence-electron chi connectivity index (χ0n) is 11.2. The molecule has 0 saturated heterocycles. The summed E-state index contributed by atoms with van der Waals surface area (Å²) >= 11 is 3.30. The lowest BCUT2D eigenvalue weighted by molar-refractivity contribution is -0.131. The molecule has 2 rings (SSSR count). The van der Waals surface area contributed by atoms with Crippen molar-refractivity contribution in [1.82, 2.24) is 9.78 Å². The molecule has 1 heterocycles. The first kappa shape index (κ1) is 15.4. The number of aromatic nitrogens is 2. The van der Waals surface area contributed by atoms with Gasteiger partial charge in [0.1, 0.15) is 5.69 Å². The van der Waals surface area contributed by atoms with Gasteiger partial charge in [0.25, 0.3) is 0 Å². The third-order valence-corrected chi connectivity index (χ3v) is 4.02. The van der Waals surface area contributed by atoms with Crippen LogP contribution >= 0.6 is 15.9 Å². The summed E-state index contributed by atoms with van der Waals surface area (Å²) in [6.07, 6.45) is 1.93. The molecule has 1 aromatic carbocycles. The van der Waals surface area contributed by atoms with Crippen LogP contribution in [0, 0.1) is 25.5 Å². The third kappa shape index (κ3) is 3.02. The normalized spacial score (nSPS) is 11.3. The van der Waals surface area contributed by atoms with Gasteiger partial charge >= 0.3 is 5.97 Å². The molecule has 0 bridgehead atoms. The van der Waals surface area contributed by atoms with Gasteiger partial charge in [-0.25, -0.2) is 18.3 Å². The summed E-state index contributed by atoms with van der Waals surface area (Å²) in [5, 5.41) is 12.6. The Balaban J connectivity index is 2.56. The molecule has 0 aliphatic carbocycles. The number of hydrogen-bond acceptors (Lipinski definition) is 2. The Hall–Kier alpha value is -2.02. The molecule has 0 aliphatic rings. The van der Waals surface area contributed by atoms with Crippen molar-refractivity contribution in [2.45, 2.75) is 13.8 Å². The number of carboxylic acid groups (broad SMARTS) is 1. The fourth-order valence-corrected chi connectivity index (χ4v) is 2.14. The van der Waals surface area contributed by atoms with E-state index < -0.39 is 17.6 Å². The maximum Gasteiger partial charge on any atom is 0.328 e. The Morgan fingerprint density at radius 3 is 2.33 bits per heavy atom. The summed E-state index contributed by atoms with van der Waals surface area (Å²) in [5.74, 6) is -2.83. The van der Waals surface area contributed by atoms with Gasteiger partial charge in [0.15, 0.2) is 11.6 Å². The van der Waals surface area contributed by atoms with Gasteiger partial charge in [-0.05, 0) is 53.5 Å². The van der Waals surface area contributed by atoms with E-state index in [1.165, 1.54) is 4.68 Å². The molecule has 0 atom stereocenters. The molecule has 4 nitrogen and oxygen atoms in total. The van der Waals surface area contributed by atoms with Gasteiger partial charge in [-0.2, -0.15) is 5.10 Å². The van der Waals surface area contributed by atoms with Crippen molar-refractivity contribution in [1.29, 1.82) is 0 Å². The van der Waals surface area contributed by atoms with Crippen LogP contribution in [-0.2, 0) is 4.79 Å². The van der Waals surface area contributed by atoms with E-state index in [1.54, 1.807) is 13.8 Å². The molecule has 0 aliphatic heterocycles. The number of rotatable bonds is 3. The minimum Gasteiger partial charge on any atom is -0.478 e. The van der Waals surface area contributed by atoms with Crippen LogP contribution in [0.3, 0.4) is 0 Å². The highest BCUT2D eigenvalue weighted by molar-refractivity contribution is 9.10. The first-order valence-electron chi connectivity index (χ1n) is 5.93. The Kier molecular flexibility index (Phi) is 4.22. The second-order valence-corrected chi connectivity index (χ2v) is 5.19. The molecule has 2 aromatic rings. The zero-order chi connectivity index (χ0) is 15.7. The van der Waals surface area contributed by atoms with Crippen LogP contribution < -0.4 is 0 Å². The van der Waals surface area contributed by atoms with Crippen LogP contribution in [0.25, 0.3) is 11.8 Å².